The zero-order valence-electron chi connectivity index (χ0n) is 11.0. The molecule has 0 aliphatic heterocycles. The zero-order chi connectivity index (χ0) is 13.8. The van der Waals surface area contributed by atoms with Crippen molar-refractivity contribution in [2.75, 3.05) is 7.11 Å². The lowest BCUT2D eigenvalue weighted by Crippen LogP contribution is -2.05. The molecule has 19 heavy (non-hydrogen) atoms. The van der Waals surface area contributed by atoms with E-state index >= 15 is 0 Å². The third-order valence-electron chi connectivity index (χ3n) is 2.58. The number of rotatable bonds is 3. The number of carbonyl (C=O) groups excluding carboxylic acids is 1. The highest BCUT2D eigenvalue weighted by atomic mass is 16.5. The highest BCUT2D eigenvalue weighted by molar-refractivity contribution is 5.86. The Bertz CT molecular complexity index is 594. The second-order valence-corrected chi connectivity index (χ2v) is 4.10. The minimum absolute atomic E-state index is 0.149. The summed E-state index contributed by atoms with van der Waals surface area (Å²) in [5.41, 5.74) is 2.25. The second kappa shape index (κ2) is 5.48. The van der Waals surface area contributed by atoms with Crippen LogP contribution in [0, 0.1) is 13.8 Å². The van der Waals surface area contributed by atoms with E-state index in [1.807, 2.05) is 32.0 Å². The lowest BCUT2D eigenvalue weighted by Gasteiger charge is -2.08. The maximum atomic E-state index is 11.2. The van der Waals surface area contributed by atoms with Gasteiger partial charge in [0.15, 0.2) is 5.69 Å². The Hall–Kier alpha value is -2.43. The molecule has 0 bridgehead atoms. The van der Waals surface area contributed by atoms with Crippen molar-refractivity contribution in [2.45, 2.75) is 13.8 Å². The van der Waals surface area contributed by atoms with Crippen LogP contribution in [0.25, 0.3) is 0 Å². The largest absolute Gasteiger partial charge is 0.464 e. The van der Waals surface area contributed by atoms with Gasteiger partial charge in [-0.25, -0.2) is 14.8 Å². The van der Waals surface area contributed by atoms with E-state index in [4.69, 9.17) is 4.74 Å². The quantitative estimate of drug-likeness (QED) is 0.792. The highest BCUT2D eigenvalue weighted by Gasteiger charge is 2.09. The number of methoxy groups -OCH3 is 1. The number of benzene rings is 1. The van der Waals surface area contributed by atoms with Gasteiger partial charge < -0.3 is 9.47 Å². The maximum Gasteiger partial charge on any atom is 0.358 e. The van der Waals surface area contributed by atoms with E-state index in [0.717, 1.165) is 16.9 Å². The Kier molecular flexibility index (Phi) is 3.75. The predicted molar refractivity (Wildman–Crippen MR) is 69.4 cm³/mol. The Balaban J connectivity index is 2.19. The number of hydrogen-bond donors (Lipinski definition) is 0. The van der Waals surface area contributed by atoms with E-state index in [-0.39, 0.29) is 5.69 Å². The summed E-state index contributed by atoms with van der Waals surface area (Å²) in [6.07, 6.45) is 2.72. The van der Waals surface area contributed by atoms with E-state index in [0.29, 0.717) is 5.88 Å². The SMILES string of the molecule is COC(=O)c1cnc(Oc2cc(C)ccc2C)cn1. The van der Waals surface area contributed by atoms with Crippen molar-refractivity contribution >= 4 is 5.97 Å². The molecule has 0 radical (unpaired) electrons. The van der Waals surface area contributed by atoms with Gasteiger partial charge in [-0.2, -0.15) is 0 Å². The lowest BCUT2D eigenvalue weighted by atomic mass is 10.1. The number of ether oxygens (including phenoxy) is 2. The molecule has 0 atom stereocenters. The first-order valence-electron chi connectivity index (χ1n) is 5.75. The minimum Gasteiger partial charge on any atom is -0.464 e. The molecule has 0 aliphatic rings. The van der Waals surface area contributed by atoms with E-state index in [1.165, 1.54) is 19.5 Å². The van der Waals surface area contributed by atoms with E-state index in [9.17, 15) is 4.79 Å². The van der Waals surface area contributed by atoms with Gasteiger partial charge >= 0.3 is 5.97 Å². The van der Waals surface area contributed by atoms with Crippen LogP contribution in [0.15, 0.2) is 30.6 Å². The fourth-order valence-corrected chi connectivity index (χ4v) is 1.51. The van der Waals surface area contributed by atoms with Crippen molar-refractivity contribution in [3.8, 4) is 11.6 Å². The summed E-state index contributed by atoms with van der Waals surface area (Å²) in [7, 11) is 1.30. The first-order valence-corrected chi connectivity index (χ1v) is 5.75. The van der Waals surface area contributed by atoms with Crippen LogP contribution < -0.4 is 4.74 Å². The van der Waals surface area contributed by atoms with Gasteiger partial charge in [0.1, 0.15) is 5.75 Å². The molecule has 1 aromatic carbocycles. The van der Waals surface area contributed by atoms with Crippen LogP contribution in [0.1, 0.15) is 21.6 Å². The fourth-order valence-electron chi connectivity index (χ4n) is 1.51. The molecule has 0 N–H and O–H groups in total. The van der Waals surface area contributed by atoms with Gasteiger partial charge in [0.05, 0.1) is 19.5 Å². The Morgan fingerprint density at radius 3 is 2.58 bits per heavy atom. The molecular weight excluding hydrogens is 244 g/mol. The van der Waals surface area contributed by atoms with Crippen LogP contribution >= 0.6 is 0 Å². The summed E-state index contributed by atoms with van der Waals surface area (Å²) in [6, 6.07) is 5.90. The van der Waals surface area contributed by atoms with Crippen LogP contribution in [-0.4, -0.2) is 23.0 Å². The van der Waals surface area contributed by atoms with Crippen LogP contribution in [0.3, 0.4) is 0 Å². The monoisotopic (exact) mass is 258 g/mol. The smallest absolute Gasteiger partial charge is 0.358 e. The van der Waals surface area contributed by atoms with Crippen LogP contribution in [-0.2, 0) is 4.74 Å². The normalized spacial score (nSPS) is 10.1. The third kappa shape index (κ3) is 3.07. The molecule has 0 amide bonds. The standard InChI is InChI=1S/C14H14N2O3/c1-9-4-5-10(2)12(6-9)19-13-8-15-11(7-16-13)14(17)18-3/h4-8H,1-3H3. The molecule has 0 spiro atoms. The molecule has 2 aromatic rings. The van der Waals surface area contributed by atoms with Gasteiger partial charge in [0.25, 0.3) is 0 Å². The van der Waals surface area contributed by atoms with Crippen molar-refractivity contribution in [1.82, 2.24) is 9.97 Å². The number of aryl methyl sites for hydroxylation is 2. The summed E-state index contributed by atoms with van der Waals surface area (Å²) < 4.78 is 10.2. The minimum atomic E-state index is -0.522. The zero-order valence-corrected chi connectivity index (χ0v) is 11.0. The number of hydrogen-bond acceptors (Lipinski definition) is 5. The molecule has 1 heterocycles. The number of nitrogens with zero attached hydrogens (tertiary/aromatic N) is 2. The highest BCUT2D eigenvalue weighted by Crippen LogP contribution is 2.24. The van der Waals surface area contributed by atoms with E-state index in [1.54, 1.807) is 0 Å². The van der Waals surface area contributed by atoms with Gasteiger partial charge in [0.2, 0.25) is 5.88 Å². The molecule has 0 fully saturated rings. The summed E-state index contributed by atoms with van der Waals surface area (Å²) >= 11 is 0. The van der Waals surface area contributed by atoms with Crippen molar-refractivity contribution in [3.63, 3.8) is 0 Å². The molecule has 5 heteroatoms. The average Bonchev–Trinajstić information content (AvgIpc) is 2.43. The molecule has 2 rings (SSSR count). The van der Waals surface area contributed by atoms with Gasteiger partial charge in [-0.05, 0) is 31.0 Å². The number of carbonyl (C=O) groups is 1. The predicted octanol–water partition coefficient (Wildman–Crippen LogP) is 2.67. The molecule has 0 aliphatic carbocycles. The van der Waals surface area contributed by atoms with Crippen molar-refractivity contribution in [2.24, 2.45) is 0 Å². The molecule has 0 saturated heterocycles. The van der Waals surface area contributed by atoms with E-state index in [2.05, 4.69) is 14.7 Å². The van der Waals surface area contributed by atoms with Gasteiger partial charge in [-0.15, -0.1) is 0 Å². The van der Waals surface area contributed by atoms with Crippen molar-refractivity contribution in [3.05, 3.63) is 47.4 Å². The van der Waals surface area contributed by atoms with Crippen LogP contribution in [0.5, 0.6) is 11.6 Å². The van der Waals surface area contributed by atoms with Gasteiger partial charge in [-0.1, -0.05) is 12.1 Å². The maximum absolute atomic E-state index is 11.2. The van der Waals surface area contributed by atoms with Crippen LogP contribution in [0.2, 0.25) is 0 Å². The molecule has 1 aromatic heterocycles. The van der Waals surface area contributed by atoms with Gasteiger partial charge in [-0.3, -0.25) is 0 Å². The van der Waals surface area contributed by atoms with Crippen LogP contribution in [0.4, 0.5) is 0 Å². The topological polar surface area (TPSA) is 61.3 Å². The fraction of sp³-hybridized carbons (Fsp3) is 0.214. The molecule has 98 valence electrons. The third-order valence-corrected chi connectivity index (χ3v) is 2.58. The lowest BCUT2D eigenvalue weighted by molar-refractivity contribution is 0.0593. The van der Waals surface area contributed by atoms with E-state index < -0.39 is 5.97 Å². The molecule has 0 unspecified atom stereocenters. The van der Waals surface area contributed by atoms with Gasteiger partial charge in [0, 0.05) is 0 Å². The van der Waals surface area contributed by atoms with Crippen molar-refractivity contribution < 1.29 is 14.3 Å². The summed E-state index contributed by atoms with van der Waals surface area (Å²) in [6.45, 7) is 3.93. The first-order chi connectivity index (χ1) is 9.10. The summed E-state index contributed by atoms with van der Waals surface area (Å²) in [5.74, 6) is 0.534. The number of aromatic nitrogens is 2. The summed E-state index contributed by atoms with van der Waals surface area (Å²) in [5, 5.41) is 0. The molecule has 0 saturated carbocycles. The van der Waals surface area contributed by atoms with Crippen molar-refractivity contribution in [1.29, 1.82) is 0 Å². The summed E-state index contributed by atoms with van der Waals surface area (Å²) in [4.78, 5) is 19.2. The first kappa shape index (κ1) is 13.0. The number of esters is 1. The molecule has 5 nitrogen and oxygen atoms in total. The second-order valence-electron chi connectivity index (χ2n) is 4.10. The Morgan fingerprint density at radius 1 is 1.16 bits per heavy atom. The average molecular weight is 258 g/mol. The Labute approximate surface area is 111 Å². The Morgan fingerprint density at radius 2 is 1.95 bits per heavy atom. The molecular formula is C14H14N2O3.